The Kier molecular flexibility index (Phi) is 3.84. The van der Waals surface area contributed by atoms with E-state index in [1.54, 1.807) is 20.3 Å². The lowest BCUT2D eigenvalue weighted by Crippen LogP contribution is -2.17. The lowest BCUT2D eigenvalue weighted by atomic mass is 10.4. The van der Waals surface area contributed by atoms with Crippen molar-refractivity contribution >= 4 is 12.1 Å². The van der Waals surface area contributed by atoms with Crippen molar-refractivity contribution in [3.8, 4) is 0 Å². The minimum Gasteiger partial charge on any atom is -0.359 e. The highest BCUT2D eigenvalue weighted by Crippen LogP contribution is 1.69. The van der Waals surface area contributed by atoms with Gasteiger partial charge in [-0.2, -0.15) is 0 Å². The highest BCUT2D eigenvalue weighted by Gasteiger charge is 1.89. The number of aliphatic imine (C=N–C) groups is 1. The molecule has 3 nitrogen and oxygen atoms in total. The third kappa shape index (κ3) is 3.33. The Morgan fingerprint density at radius 2 is 2.50 bits per heavy atom. The molecule has 1 N–H and O–H groups in total. The van der Waals surface area contributed by atoms with Crippen molar-refractivity contribution in [2.24, 2.45) is 4.99 Å². The van der Waals surface area contributed by atoms with Crippen LogP contribution in [-0.2, 0) is 4.79 Å². The standard InChI is InChI=1S/C5H10N2O/c1-6-4-3-5(8)7-2/h4H,3H2,1-2H3,(H,7,8). The Bertz CT molecular complexity index is 98.6. The summed E-state index contributed by atoms with van der Waals surface area (Å²) >= 11 is 0. The van der Waals surface area contributed by atoms with Crippen LogP contribution >= 0.6 is 0 Å². The van der Waals surface area contributed by atoms with Gasteiger partial charge in [0.25, 0.3) is 0 Å². The molecular formula is C5H10N2O. The molecule has 46 valence electrons. The molecular weight excluding hydrogens is 104 g/mol. The maximum Gasteiger partial charge on any atom is 0.225 e. The van der Waals surface area contributed by atoms with Gasteiger partial charge in [-0.3, -0.25) is 4.79 Å². The van der Waals surface area contributed by atoms with Crippen molar-refractivity contribution in [1.29, 1.82) is 0 Å². The van der Waals surface area contributed by atoms with Crippen LogP contribution in [0, 0.1) is 0 Å². The number of rotatable bonds is 2. The molecule has 0 unspecified atom stereocenters. The lowest BCUT2D eigenvalue weighted by Gasteiger charge is -1.89. The molecule has 0 saturated heterocycles. The third-order valence-corrected chi connectivity index (χ3v) is 0.738. The highest BCUT2D eigenvalue weighted by molar-refractivity contribution is 5.89. The van der Waals surface area contributed by atoms with E-state index in [4.69, 9.17) is 0 Å². The first-order valence-electron chi connectivity index (χ1n) is 2.42. The molecule has 0 aromatic rings. The number of nitrogens with one attached hydrogen (secondary N) is 1. The van der Waals surface area contributed by atoms with Crippen molar-refractivity contribution < 1.29 is 4.79 Å². The summed E-state index contributed by atoms with van der Waals surface area (Å²) in [5.41, 5.74) is 0. The van der Waals surface area contributed by atoms with Gasteiger partial charge >= 0.3 is 0 Å². The average Bonchev–Trinajstić information content (AvgIpc) is 1.83. The second-order valence-electron chi connectivity index (χ2n) is 1.32. The van der Waals surface area contributed by atoms with Crippen LogP contribution in [0.15, 0.2) is 4.99 Å². The van der Waals surface area contributed by atoms with Gasteiger partial charge in [0.1, 0.15) is 0 Å². The van der Waals surface area contributed by atoms with Crippen LogP contribution in [-0.4, -0.2) is 26.2 Å². The molecule has 0 heterocycles. The normalized spacial score (nSPS) is 9.75. The van der Waals surface area contributed by atoms with Crippen LogP contribution in [0.2, 0.25) is 0 Å². The van der Waals surface area contributed by atoms with Crippen LogP contribution < -0.4 is 5.32 Å². The van der Waals surface area contributed by atoms with E-state index >= 15 is 0 Å². The first-order chi connectivity index (χ1) is 3.81. The number of hydrogen-bond donors (Lipinski definition) is 1. The molecule has 0 radical (unpaired) electrons. The summed E-state index contributed by atoms with van der Waals surface area (Å²) in [7, 11) is 3.24. The Labute approximate surface area is 48.8 Å². The van der Waals surface area contributed by atoms with Gasteiger partial charge in [-0.15, -0.1) is 0 Å². The first kappa shape index (κ1) is 7.14. The zero-order valence-corrected chi connectivity index (χ0v) is 5.14. The number of nitrogens with zero attached hydrogens (tertiary/aromatic N) is 1. The second-order valence-corrected chi connectivity index (χ2v) is 1.32. The zero-order valence-electron chi connectivity index (χ0n) is 5.14. The van der Waals surface area contributed by atoms with Gasteiger partial charge in [0.05, 0.1) is 6.42 Å². The molecule has 0 aliphatic carbocycles. The lowest BCUT2D eigenvalue weighted by molar-refractivity contribution is -0.119. The van der Waals surface area contributed by atoms with Crippen molar-refractivity contribution in [3.05, 3.63) is 0 Å². The van der Waals surface area contributed by atoms with Gasteiger partial charge in [0.15, 0.2) is 0 Å². The van der Waals surface area contributed by atoms with E-state index in [0.717, 1.165) is 0 Å². The maximum atomic E-state index is 10.4. The number of carbonyl (C=O) groups excluding carboxylic acids is 1. The Balaban J connectivity index is 3.25. The third-order valence-electron chi connectivity index (χ3n) is 0.738. The van der Waals surface area contributed by atoms with Gasteiger partial charge in [-0.05, 0) is 0 Å². The number of hydrogen-bond acceptors (Lipinski definition) is 2. The van der Waals surface area contributed by atoms with Crippen molar-refractivity contribution in [2.75, 3.05) is 14.1 Å². The molecule has 0 spiro atoms. The zero-order chi connectivity index (χ0) is 6.41. The average molecular weight is 114 g/mol. The van der Waals surface area contributed by atoms with Crippen LogP contribution in [0.3, 0.4) is 0 Å². The van der Waals surface area contributed by atoms with E-state index in [1.807, 2.05) is 0 Å². The van der Waals surface area contributed by atoms with Crippen LogP contribution in [0.25, 0.3) is 0 Å². The molecule has 0 aliphatic heterocycles. The topological polar surface area (TPSA) is 41.5 Å². The summed E-state index contributed by atoms with van der Waals surface area (Å²) in [5, 5.41) is 2.47. The molecule has 8 heavy (non-hydrogen) atoms. The van der Waals surface area contributed by atoms with Crippen molar-refractivity contribution in [2.45, 2.75) is 6.42 Å². The minimum atomic E-state index is -0.00407. The molecule has 0 fully saturated rings. The van der Waals surface area contributed by atoms with Crippen LogP contribution in [0.5, 0.6) is 0 Å². The smallest absolute Gasteiger partial charge is 0.225 e. The summed E-state index contributed by atoms with van der Waals surface area (Å²) in [4.78, 5) is 14.0. The monoisotopic (exact) mass is 114 g/mol. The fourth-order valence-corrected chi connectivity index (χ4v) is 0.276. The van der Waals surface area contributed by atoms with Gasteiger partial charge in [-0.1, -0.05) is 0 Å². The summed E-state index contributed by atoms with van der Waals surface area (Å²) in [5.74, 6) is -0.00407. The summed E-state index contributed by atoms with van der Waals surface area (Å²) in [6.45, 7) is 0. The van der Waals surface area contributed by atoms with E-state index < -0.39 is 0 Å². The Morgan fingerprint density at radius 1 is 1.88 bits per heavy atom. The highest BCUT2D eigenvalue weighted by atomic mass is 16.1. The molecule has 0 aromatic carbocycles. The minimum absolute atomic E-state index is 0.00407. The molecule has 0 aliphatic rings. The summed E-state index contributed by atoms with van der Waals surface area (Å²) < 4.78 is 0. The van der Waals surface area contributed by atoms with Gasteiger partial charge in [0, 0.05) is 20.3 Å². The number of amides is 1. The SMILES string of the molecule is CN=CCC(=O)NC. The summed E-state index contributed by atoms with van der Waals surface area (Å²) in [6, 6.07) is 0. The first-order valence-corrected chi connectivity index (χ1v) is 2.42. The number of carbonyl (C=O) groups is 1. The van der Waals surface area contributed by atoms with Gasteiger partial charge in [0.2, 0.25) is 5.91 Å². The van der Waals surface area contributed by atoms with Crippen molar-refractivity contribution in [1.82, 2.24) is 5.32 Å². The molecule has 0 atom stereocenters. The van der Waals surface area contributed by atoms with Gasteiger partial charge < -0.3 is 10.3 Å². The van der Waals surface area contributed by atoms with E-state index in [-0.39, 0.29) is 5.91 Å². The Hall–Kier alpha value is -0.860. The fraction of sp³-hybridized carbons (Fsp3) is 0.600. The molecule has 1 amide bonds. The predicted molar refractivity (Wildman–Crippen MR) is 33.1 cm³/mol. The second kappa shape index (κ2) is 4.30. The largest absolute Gasteiger partial charge is 0.359 e. The quantitative estimate of drug-likeness (QED) is 0.497. The van der Waals surface area contributed by atoms with E-state index in [9.17, 15) is 4.79 Å². The molecule has 0 bridgehead atoms. The molecule has 0 saturated carbocycles. The van der Waals surface area contributed by atoms with Crippen LogP contribution in [0.1, 0.15) is 6.42 Å². The van der Waals surface area contributed by atoms with Crippen LogP contribution in [0.4, 0.5) is 0 Å². The Morgan fingerprint density at radius 3 is 2.88 bits per heavy atom. The van der Waals surface area contributed by atoms with Gasteiger partial charge in [-0.25, -0.2) is 0 Å². The maximum absolute atomic E-state index is 10.4. The molecule has 3 heteroatoms. The van der Waals surface area contributed by atoms with E-state index in [1.165, 1.54) is 0 Å². The van der Waals surface area contributed by atoms with E-state index in [2.05, 4.69) is 10.3 Å². The molecule has 0 aromatic heterocycles. The molecule has 0 rings (SSSR count). The van der Waals surface area contributed by atoms with E-state index in [0.29, 0.717) is 6.42 Å². The van der Waals surface area contributed by atoms with Crippen molar-refractivity contribution in [3.63, 3.8) is 0 Å². The fourth-order valence-electron chi connectivity index (χ4n) is 0.276. The predicted octanol–water partition coefficient (Wildman–Crippen LogP) is -0.177. The summed E-state index contributed by atoms with van der Waals surface area (Å²) in [6.07, 6.45) is 1.95.